The van der Waals surface area contributed by atoms with Crippen molar-refractivity contribution in [3.63, 3.8) is 0 Å². The molecule has 3 rings (SSSR count). The minimum absolute atomic E-state index is 0.0322. The van der Waals surface area contributed by atoms with Crippen LogP contribution in [0.2, 0.25) is 0 Å². The molecule has 2 amide bonds. The third-order valence-electron chi connectivity index (χ3n) is 5.55. The molecule has 0 bridgehead atoms. The van der Waals surface area contributed by atoms with E-state index >= 15 is 0 Å². The number of nitrogens with one attached hydrogen (secondary N) is 1. The van der Waals surface area contributed by atoms with Crippen LogP contribution >= 0.6 is 11.8 Å². The van der Waals surface area contributed by atoms with Crippen LogP contribution in [0.25, 0.3) is 0 Å². The Morgan fingerprint density at radius 3 is 2.56 bits per heavy atom. The summed E-state index contributed by atoms with van der Waals surface area (Å²) >= 11 is 1.73. The molecule has 1 heterocycles. The largest absolute Gasteiger partial charge is 0.354 e. The number of rotatable bonds is 6. The Bertz CT molecular complexity index is 646. The number of hydrogen-bond acceptors (Lipinski definition) is 3. The van der Waals surface area contributed by atoms with Crippen LogP contribution in [0.15, 0.2) is 24.3 Å². The quantitative estimate of drug-likeness (QED) is 0.738. The molecular formula is C21H29FN2O2S. The van der Waals surface area contributed by atoms with Gasteiger partial charge in [0.05, 0.1) is 5.37 Å². The molecule has 27 heavy (non-hydrogen) atoms. The van der Waals surface area contributed by atoms with E-state index in [0.29, 0.717) is 23.8 Å². The Morgan fingerprint density at radius 2 is 1.89 bits per heavy atom. The lowest BCUT2D eigenvalue weighted by molar-refractivity contribution is -0.125. The molecule has 1 aliphatic heterocycles. The lowest BCUT2D eigenvalue weighted by Crippen LogP contribution is -2.51. The summed E-state index contributed by atoms with van der Waals surface area (Å²) in [6, 6.07) is 5.20. The van der Waals surface area contributed by atoms with E-state index in [1.165, 1.54) is 43.5 Å². The normalized spacial score (nSPS) is 23.4. The third kappa shape index (κ3) is 4.84. The maximum absolute atomic E-state index is 13.3. The molecule has 1 aromatic carbocycles. The van der Waals surface area contributed by atoms with Gasteiger partial charge in [0.15, 0.2) is 0 Å². The molecule has 2 atom stereocenters. The van der Waals surface area contributed by atoms with Gasteiger partial charge in [0.25, 0.3) is 5.91 Å². The molecule has 6 heteroatoms. The second-order valence-electron chi connectivity index (χ2n) is 7.50. The summed E-state index contributed by atoms with van der Waals surface area (Å²) < 4.78 is 13.3. The predicted molar refractivity (Wildman–Crippen MR) is 107 cm³/mol. The fraction of sp³-hybridized carbons (Fsp3) is 0.619. The zero-order valence-corrected chi connectivity index (χ0v) is 16.8. The van der Waals surface area contributed by atoms with Gasteiger partial charge in [-0.2, -0.15) is 0 Å². The number of carbonyl (C=O) groups is 2. The van der Waals surface area contributed by atoms with Crippen LogP contribution in [0.3, 0.4) is 0 Å². The summed E-state index contributed by atoms with van der Waals surface area (Å²) in [6.45, 7) is 2.73. The van der Waals surface area contributed by atoms with E-state index in [2.05, 4.69) is 12.2 Å². The van der Waals surface area contributed by atoms with Gasteiger partial charge in [0, 0.05) is 17.9 Å². The van der Waals surface area contributed by atoms with Crippen molar-refractivity contribution in [2.75, 3.05) is 12.3 Å². The van der Waals surface area contributed by atoms with Gasteiger partial charge < -0.3 is 10.2 Å². The number of hydrogen-bond donors (Lipinski definition) is 1. The zero-order chi connectivity index (χ0) is 19.2. The lowest BCUT2D eigenvalue weighted by Gasteiger charge is -2.35. The molecule has 2 fully saturated rings. The highest BCUT2D eigenvalue weighted by molar-refractivity contribution is 8.00. The number of unbranched alkanes of at least 4 members (excludes halogenated alkanes) is 1. The van der Waals surface area contributed by atoms with Crippen molar-refractivity contribution in [3.8, 4) is 0 Å². The first-order chi connectivity index (χ1) is 13.1. The van der Waals surface area contributed by atoms with E-state index in [4.69, 9.17) is 0 Å². The summed E-state index contributed by atoms with van der Waals surface area (Å²) in [7, 11) is 0. The Kier molecular flexibility index (Phi) is 7.16. The van der Waals surface area contributed by atoms with Crippen LogP contribution in [0, 0.1) is 11.7 Å². The fourth-order valence-electron chi connectivity index (χ4n) is 4.02. The molecule has 0 unspecified atom stereocenters. The molecule has 0 radical (unpaired) electrons. The van der Waals surface area contributed by atoms with Crippen LogP contribution in [0.5, 0.6) is 0 Å². The van der Waals surface area contributed by atoms with E-state index in [1.54, 1.807) is 16.7 Å². The lowest BCUT2D eigenvalue weighted by atomic mass is 9.88. The monoisotopic (exact) mass is 392 g/mol. The van der Waals surface area contributed by atoms with Gasteiger partial charge in [-0.05, 0) is 49.4 Å². The van der Waals surface area contributed by atoms with Crippen LogP contribution in [0.1, 0.15) is 62.2 Å². The van der Waals surface area contributed by atoms with Crippen molar-refractivity contribution in [2.45, 2.75) is 63.3 Å². The molecule has 4 nitrogen and oxygen atoms in total. The van der Waals surface area contributed by atoms with Gasteiger partial charge in [0.1, 0.15) is 11.9 Å². The van der Waals surface area contributed by atoms with E-state index < -0.39 is 6.04 Å². The van der Waals surface area contributed by atoms with Crippen molar-refractivity contribution >= 4 is 23.6 Å². The molecule has 0 spiro atoms. The minimum Gasteiger partial charge on any atom is -0.354 e. The highest BCUT2D eigenvalue weighted by Crippen LogP contribution is 2.41. The Morgan fingerprint density at radius 1 is 1.19 bits per heavy atom. The molecule has 1 aliphatic carbocycles. The first kappa shape index (κ1) is 20.2. The van der Waals surface area contributed by atoms with E-state index in [0.717, 1.165) is 25.7 Å². The molecule has 0 aromatic heterocycles. The van der Waals surface area contributed by atoms with E-state index in [9.17, 15) is 14.0 Å². The molecule has 1 saturated heterocycles. The summed E-state index contributed by atoms with van der Waals surface area (Å²) in [5.74, 6) is 0.476. The minimum atomic E-state index is -0.448. The average molecular weight is 393 g/mol. The number of halogens is 1. The third-order valence-corrected chi connectivity index (χ3v) is 7.01. The van der Waals surface area contributed by atoms with Gasteiger partial charge in [-0.1, -0.05) is 32.6 Å². The number of thioether (sulfide) groups is 1. The maximum Gasteiger partial charge on any atom is 0.255 e. The molecule has 1 N–H and O–H groups in total. The van der Waals surface area contributed by atoms with Crippen LogP contribution in [0.4, 0.5) is 4.39 Å². The van der Waals surface area contributed by atoms with Crippen molar-refractivity contribution in [1.29, 1.82) is 0 Å². The summed E-state index contributed by atoms with van der Waals surface area (Å²) in [5, 5.41) is 3.02. The Labute approximate surface area is 165 Å². The van der Waals surface area contributed by atoms with Crippen molar-refractivity contribution < 1.29 is 14.0 Å². The molecule has 148 valence electrons. The number of benzene rings is 1. The SMILES string of the molecule is CCCCNC(=O)[C@H]1CS[C@@H](C2CCCCC2)N1C(=O)c1ccc(F)cc1. The maximum atomic E-state index is 13.3. The van der Waals surface area contributed by atoms with Gasteiger partial charge in [-0.3, -0.25) is 9.59 Å². The van der Waals surface area contributed by atoms with E-state index in [1.807, 2.05) is 0 Å². The Balaban J connectivity index is 1.80. The van der Waals surface area contributed by atoms with Gasteiger partial charge >= 0.3 is 0 Å². The summed E-state index contributed by atoms with van der Waals surface area (Å²) in [5.41, 5.74) is 0.450. The van der Waals surface area contributed by atoms with Crippen molar-refractivity contribution in [2.24, 2.45) is 5.92 Å². The first-order valence-electron chi connectivity index (χ1n) is 10.1. The smallest absolute Gasteiger partial charge is 0.255 e. The molecule has 2 aliphatic rings. The Hall–Kier alpha value is -1.56. The van der Waals surface area contributed by atoms with Crippen molar-refractivity contribution in [1.82, 2.24) is 10.2 Å². The standard InChI is InChI=1S/C21H29FN2O2S/c1-2-3-13-23-19(25)18-14-27-21(16-7-5-4-6-8-16)24(18)20(26)15-9-11-17(22)12-10-15/h9-12,16,18,21H,2-8,13-14H2,1H3,(H,23,25)/t18-,21+/m1/s1. The second-order valence-corrected chi connectivity index (χ2v) is 8.65. The molecular weight excluding hydrogens is 363 g/mol. The number of amides is 2. The van der Waals surface area contributed by atoms with Crippen LogP contribution in [-0.2, 0) is 4.79 Å². The zero-order valence-electron chi connectivity index (χ0n) is 16.0. The van der Waals surface area contributed by atoms with Crippen LogP contribution < -0.4 is 5.32 Å². The van der Waals surface area contributed by atoms with Gasteiger partial charge in [-0.15, -0.1) is 11.8 Å². The van der Waals surface area contributed by atoms with Gasteiger partial charge in [-0.25, -0.2) is 4.39 Å². The summed E-state index contributed by atoms with van der Waals surface area (Å²) in [6.07, 6.45) is 7.79. The first-order valence-corrected chi connectivity index (χ1v) is 11.1. The topological polar surface area (TPSA) is 49.4 Å². The fourth-order valence-corrected chi connectivity index (χ4v) is 5.66. The van der Waals surface area contributed by atoms with E-state index in [-0.39, 0.29) is 23.0 Å². The van der Waals surface area contributed by atoms with Crippen molar-refractivity contribution in [3.05, 3.63) is 35.6 Å². The highest BCUT2D eigenvalue weighted by Gasteiger charge is 2.45. The number of nitrogens with zero attached hydrogens (tertiary/aromatic N) is 1. The summed E-state index contributed by atoms with van der Waals surface area (Å²) in [4.78, 5) is 27.8. The average Bonchev–Trinajstić information content (AvgIpc) is 3.14. The van der Waals surface area contributed by atoms with Crippen LogP contribution in [-0.4, -0.2) is 40.4 Å². The van der Waals surface area contributed by atoms with Gasteiger partial charge in [0.2, 0.25) is 5.91 Å². The molecule has 1 saturated carbocycles. The predicted octanol–water partition coefficient (Wildman–Crippen LogP) is 4.21. The highest BCUT2D eigenvalue weighted by atomic mass is 32.2. The second kappa shape index (κ2) is 9.58. The molecule has 1 aromatic rings. The number of carbonyl (C=O) groups excluding carboxylic acids is 2.